The van der Waals surface area contributed by atoms with Gasteiger partial charge in [-0.25, -0.2) is 0 Å². The minimum Gasteiger partial charge on any atom is -0.399 e. The molecule has 1 atom stereocenters. The average Bonchev–Trinajstić information content (AvgIpc) is 2.51. The maximum absolute atomic E-state index is 12.0. The molecule has 2 rings (SSSR count). The van der Waals surface area contributed by atoms with Gasteiger partial charge in [-0.15, -0.1) is 0 Å². The molecule has 0 aliphatic rings. The molecule has 1 amide bonds. The number of benzene rings is 2. The van der Waals surface area contributed by atoms with E-state index in [1.54, 1.807) is 6.07 Å². The van der Waals surface area contributed by atoms with Crippen LogP contribution in [0.15, 0.2) is 48.5 Å². The molecule has 0 fully saturated rings. The minimum absolute atomic E-state index is 0.0249. The van der Waals surface area contributed by atoms with E-state index in [0.717, 1.165) is 16.8 Å². The highest BCUT2D eigenvalue weighted by Gasteiger charge is 2.08. The van der Waals surface area contributed by atoms with Gasteiger partial charge < -0.3 is 15.8 Å². The summed E-state index contributed by atoms with van der Waals surface area (Å²) in [6.45, 7) is 4.29. The number of hydrogen-bond donors (Lipinski definition) is 2. The highest BCUT2D eigenvalue weighted by atomic mass is 16.5. The van der Waals surface area contributed by atoms with Gasteiger partial charge in [-0.2, -0.15) is 0 Å². The maximum atomic E-state index is 12.0. The molecule has 4 heteroatoms. The number of nitrogens with two attached hydrogens (primary N) is 1. The van der Waals surface area contributed by atoms with E-state index in [1.807, 2.05) is 56.3 Å². The number of anilines is 2. The second-order valence-electron chi connectivity index (χ2n) is 5.30. The zero-order valence-corrected chi connectivity index (χ0v) is 13.0. The van der Waals surface area contributed by atoms with Crippen LogP contribution < -0.4 is 11.1 Å². The minimum atomic E-state index is -0.0750. The largest absolute Gasteiger partial charge is 0.399 e. The lowest BCUT2D eigenvalue weighted by atomic mass is 10.1. The first-order chi connectivity index (χ1) is 10.6. The zero-order chi connectivity index (χ0) is 15.9. The molecule has 4 nitrogen and oxygen atoms in total. The van der Waals surface area contributed by atoms with E-state index in [-0.39, 0.29) is 12.0 Å². The van der Waals surface area contributed by atoms with Crippen molar-refractivity contribution in [1.82, 2.24) is 0 Å². The summed E-state index contributed by atoms with van der Waals surface area (Å²) in [4.78, 5) is 12.0. The van der Waals surface area contributed by atoms with Crippen molar-refractivity contribution in [3.63, 3.8) is 0 Å². The monoisotopic (exact) mass is 298 g/mol. The summed E-state index contributed by atoms with van der Waals surface area (Å²) in [6, 6.07) is 15.4. The van der Waals surface area contributed by atoms with Crippen molar-refractivity contribution in [2.45, 2.75) is 26.4 Å². The van der Waals surface area contributed by atoms with E-state index in [4.69, 9.17) is 10.5 Å². The SMILES string of the molecule is Cc1ccc(N)cc1NC(=O)CCOC(C)c1ccccc1. The van der Waals surface area contributed by atoms with Crippen LogP contribution in [0.1, 0.15) is 30.6 Å². The molecule has 0 radical (unpaired) electrons. The van der Waals surface area contributed by atoms with E-state index in [9.17, 15) is 4.79 Å². The third-order valence-corrected chi connectivity index (χ3v) is 3.50. The number of hydrogen-bond acceptors (Lipinski definition) is 3. The molecular formula is C18H22N2O2. The molecule has 0 aliphatic heterocycles. The van der Waals surface area contributed by atoms with E-state index in [2.05, 4.69) is 5.32 Å². The van der Waals surface area contributed by atoms with E-state index < -0.39 is 0 Å². The topological polar surface area (TPSA) is 64.3 Å². The van der Waals surface area contributed by atoms with Gasteiger partial charge in [0.05, 0.1) is 19.1 Å². The Bertz CT molecular complexity index is 626. The Morgan fingerprint density at radius 2 is 1.95 bits per heavy atom. The van der Waals surface area contributed by atoms with Gasteiger partial charge >= 0.3 is 0 Å². The average molecular weight is 298 g/mol. The van der Waals surface area contributed by atoms with Crippen molar-refractivity contribution in [1.29, 1.82) is 0 Å². The Morgan fingerprint density at radius 1 is 1.23 bits per heavy atom. The van der Waals surface area contributed by atoms with Gasteiger partial charge in [0.2, 0.25) is 5.91 Å². The van der Waals surface area contributed by atoms with Crippen molar-refractivity contribution < 1.29 is 9.53 Å². The molecule has 0 heterocycles. The zero-order valence-electron chi connectivity index (χ0n) is 13.0. The van der Waals surface area contributed by atoms with Crippen LogP contribution in [0.5, 0.6) is 0 Å². The van der Waals surface area contributed by atoms with Crippen LogP contribution in [-0.2, 0) is 9.53 Å². The van der Waals surface area contributed by atoms with Gasteiger partial charge in [0, 0.05) is 11.4 Å². The highest BCUT2D eigenvalue weighted by molar-refractivity contribution is 5.92. The predicted octanol–water partition coefficient (Wildman–Crippen LogP) is 3.68. The van der Waals surface area contributed by atoms with Crippen molar-refractivity contribution in [3.05, 3.63) is 59.7 Å². The summed E-state index contributed by atoms with van der Waals surface area (Å²) in [7, 11) is 0. The van der Waals surface area contributed by atoms with E-state index in [0.29, 0.717) is 18.7 Å². The number of nitrogens with one attached hydrogen (secondary N) is 1. The molecule has 0 spiro atoms. The normalized spacial score (nSPS) is 11.9. The smallest absolute Gasteiger partial charge is 0.226 e. The Hall–Kier alpha value is -2.33. The molecule has 116 valence electrons. The number of carbonyl (C=O) groups is 1. The Morgan fingerprint density at radius 3 is 2.68 bits per heavy atom. The number of ether oxygens (including phenoxy) is 1. The first-order valence-electron chi connectivity index (χ1n) is 7.39. The van der Waals surface area contributed by atoms with Gasteiger partial charge in [0.15, 0.2) is 0 Å². The van der Waals surface area contributed by atoms with E-state index >= 15 is 0 Å². The summed E-state index contributed by atoms with van der Waals surface area (Å²) >= 11 is 0. The lowest BCUT2D eigenvalue weighted by Crippen LogP contribution is -2.15. The molecule has 2 aromatic rings. The molecule has 0 bridgehead atoms. The summed E-state index contributed by atoms with van der Waals surface area (Å²) in [5.74, 6) is -0.0750. The first-order valence-corrected chi connectivity index (χ1v) is 7.39. The lowest BCUT2D eigenvalue weighted by molar-refractivity contribution is -0.117. The fourth-order valence-corrected chi connectivity index (χ4v) is 2.14. The fourth-order valence-electron chi connectivity index (χ4n) is 2.14. The van der Waals surface area contributed by atoms with Gasteiger partial charge in [0.1, 0.15) is 0 Å². The summed E-state index contributed by atoms with van der Waals surface area (Å²) in [5.41, 5.74) is 9.21. The molecule has 2 aromatic carbocycles. The van der Waals surface area contributed by atoms with Crippen LogP contribution in [0.4, 0.5) is 11.4 Å². The van der Waals surface area contributed by atoms with Crippen LogP contribution in [-0.4, -0.2) is 12.5 Å². The summed E-state index contributed by atoms with van der Waals surface area (Å²) in [6.07, 6.45) is 0.286. The van der Waals surface area contributed by atoms with Gasteiger partial charge in [0.25, 0.3) is 0 Å². The van der Waals surface area contributed by atoms with Crippen molar-refractivity contribution in [3.8, 4) is 0 Å². The number of rotatable bonds is 6. The molecule has 0 saturated carbocycles. The molecular weight excluding hydrogens is 276 g/mol. The fraction of sp³-hybridized carbons (Fsp3) is 0.278. The first kappa shape index (κ1) is 16.0. The van der Waals surface area contributed by atoms with Gasteiger partial charge in [-0.3, -0.25) is 4.79 Å². The Kier molecular flexibility index (Phi) is 5.55. The highest BCUT2D eigenvalue weighted by Crippen LogP contribution is 2.19. The molecule has 3 N–H and O–H groups in total. The molecule has 0 saturated heterocycles. The third kappa shape index (κ3) is 4.60. The molecule has 0 aliphatic carbocycles. The quantitative estimate of drug-likeness (QED) is 0.799. The van der Waals surface area contributed by atoms with Crippen molar-refractivity contribution in [2.75, 3.05) is 17.7 Å². The van der Waals surface area contributed by atoms with E-state index in [1.165, 1.54) is 0 Å². The van der Waals surface area contributed by atoms with Crippen LogP contribution in [0.2, 0.25) is 0 Å². The van der Waals surface area contributed by atoms with Gasteiger partial charge in [-0.05, 0) is 37.1 Å². The van der Waals surface area contributed by atoms with Crippen molar-refractivity contribution in [2.24, 2.45) is 0 Å². The number of aryl methyl sites for hydroxylation is 1. The second kappa shape index (κ2) is 7.61. The van der Waals surface area contributed by atoms with Crippen LogP contribution in [0, 0.1) is 6.92 Å². The lowest BCUT2D eigenvalue weighted by Gasteiger charge is -2.14. The standard InChI is InChI=1S/C18H22N2O2/c1-13-8-9-16(19)12-17(13)20-18(21)10-11-22-14(2)15-6-4-3-5-7-15/h3-9,12,14H,10-11,19H2,1-2H3,(H,20,21). The van der Waals surface area contributed by atoms with Crippen LogP contribution >= 0.6 is 0 Å². The molecule has 1 unspecified atom stereocenters. The Labute approximate surface area is 131 Å². The number of nitrogen functional groups attached to an aromatic ring is 1. The van der Waals surface area contributed by atoms with Crippen LogP contribution in [0.25, 0.3) is 0 Å². The second-order valence-corrected chi connectivity index (χ2v) is 5.30. The third-order valence-electron chi connectivity index (χ3n) is 3.50. The number of carbonyl (C=O) groups excluding carboxylic acids is 1. The number of amides is 1. The molecule has 0 aromatic heterocycles. The maximum Gasteiger partial charge on any atom is 0.226 e. The molecule has 22 heavy (non-hydrogen) atoms. The predicted molar refractivity (Wildman–Crippen MR) is 89.6 cm³/mol. The van der Waals surface area contributed by atoms with Gasteiger partial charge in [-0.1, -0.05) is 36.4 Å². The summed E-state index contributed by atoms with van der Waals surface area (Å²) in [5, 5.41) is 2.87. The van der Waals surface area contributed by atoms with Crippen LogP contribution in [0.3, 0.4) is 0 Å². The summed E-state index contributed by atoms with van der Waals surface area (Å²) < 4.78 is 5.70. The Balaban J connectivity index is 1.80. The van der Waals surface area contributed by atoms with Crippen molar-refractivity contribution >= 4 is 17.3 Å².